The molecule has 0 fully saturated rings. The van der Waals surface area contributed by atoms with Crippen LogP contribution in [0.2, 0.25) is 0 Å². The van der Waals surface area contributed by atoms with Gasteiger partial charge in [-0.3, -0.25) is 4.99 Å². The maximum absolute atomic E-state index is 5.32. The Morgan fingerprint density at radius 1 is 1.05 bits per heavy atom. The van der Waals surface area contributed by atoms with Crippen molar-refractivity contribution >= 4 is 11.6 Å². The zero-order chi connectivity index (χ0) is 15.9. The van der Waals surface area contributed by atoms with Gasteiger partial charge in [-0.05, 0) is 38.8 Å². The molecule has 22 heavy (non-hydrogen) atoms. The van der Waals surface area contributed by atoms with Crippen molar-refractivity contribution in [2.45, 2.75) is 26.7 Å². The number of guanidine groups is 1. The minimum absolute atomic E-state index is 0.780. The topological polar surface area (TPSA) is 57.7 Å². The quantitative estimate of drug-likeness (QED) is 0.334. The Labute approximate surface area is 134 Å². The molecule has 0 unspecified atom stereocenters. The van der Waals surface area contributed by atoms with Crippen molar-refractivity contribution in [3.8, 4) is 0 Å². The summed E-state index contributed by atoms with van der Waals surface area (Å²) >= 11 is 0. The highest BCUT2D eigenvalue weighted by atomic mass is 16.5. The van der Waals surface area contributed by atoms with Crippen LogP contribution < -0.4 is 16.0 Å². The Balaban J connectivity index is 2.15. The molecule has 1 aromatic carbocycles. The second-order valence-electron chi connectivity index (χ2n) is 4.88. The third kappa shape index (κ3) is 9.23. The van der Waals surface area contributed by atoms with Gasteiger partial charge in [0.1, 0.15) is 0 Å². The van der Waals surface area contributed by atoms with E-state index < -0.39 is 0 Å². The Morgan fingerprint density at radius 3 is 2.59 bits per heavy atom. The van der Waals surface area contributed by atoms with E-state index in [-0.39, 0.29) is 0 Å². The molecule has 1 rings (SSSR count). The zero-order valence-electron chi connectivity index (χ0n) is 13.9. The molecule has 0 aliphatic carbocycles. The third-order valence-corrected chi connectivity index (χ3v) is 3.01. The van der Waals surface area contributed by atoms with Gasteiger partial charge < -0.3 is 20.7 Å². The van der Waals surface area contributed by atoms with Crippen molar-refractivity contribution in [3.05, 3.63) is 30.3 Å². The van der Waals surface area contributed by atoms with E-state index in [1.807, 2.05) is 25.1 Å². The molecule has 0 bridgehead atoms. The average molecular weight is 306 g/mol. The number of benzene rings is 1. The van der Waals surface area contributed by atoms with Crippen LogP contribution in [0.15, 0.2) is 35.3 Å². The largest absolute Gasteiger partial charge is 0.385 e. The first-order valence-electron chi connectivity index (χ1n) is 8.25. The van der Waals surface area contributed by atoms with Crippen molar-refractivity contribution in [2.75, 3.05) is 44.7 Å². The van der Waals surface area contributed by atoms with Crippen molar-refractivity contribution in [3.63, 3.8) is 0 Å². The van der Waals surface area contributed by atoms with Gasteiger partial charge in [-0.2, -0.15) is 0 Å². The van der Waals surface area contributed by atoms with Gasteiger partial charge in [-0.1, -0.05) is 18.2 Å². The highest BCUT2D eigenvalue weighted by Gasteiger charge is 1.96. The summed E-state index contributed by atoms with van der Waals surface area (Å²) in [4.78, 5) is 4.58. The lowest BCUT2D eigenvalue weighted by Gasteiger charge is -2.11. The van der Waals surface area contributed by atoms with Crippen LogP contribution in [-0.4, -0.2) is 45.4 Å². The maximum atomic E-state index is 5.32. The van der Waals surface area contributed by atoms with Crippen molar-refractivity contribution in [2.24, 2.45) is 4.99 Å². The summed E-state index contributed by atoms with van der Waals surface area (Å²) in [6, 6.07) is 10.3. The molecule has 5 heteroatoms. The smallest absolute Gasteiger partial charge is 0.191 e. The molecule has 0 aliphatic rings. The molecular formula is C17H30N4O. The number of anilines is 1. The molecule has 0 radical (unpaired) electrons. The summed E-state index contributed by atoms with van der Waals surface area (Å²) < 4.78 is 5.32. The van der Waals surface area contributed by atoms with E-state index in [9.17, 15) is 0 Å². The summed E-state index contributed by atoms with van der Waals surface area (Å²) in [6.45, 7) is 9.16. The van der Waals surface area contributed by atoms with Crippen molar-refractivity contribution in [1.82, 2.24) is 10.6 Å². The molecule has 0 aromatic heterocycles. The van der Waals surface area contributed by atoms with E-state index in [0.29, 0.717) is 0 Å². The third-order valence-electron chi connectivity index (χ3n) is 3.01. The van der Waals surface area contributed by atoms with Gasteiger partial charge in [0.25, 0.3) is 0 Å². The van der Waals surface area contributed by atoms with Gasteiger partial charge in [0.05, 0.1) is 0 Å². The summed E-state index contributed by atoms with van der Waals surface area (Å²) in [7, 11) is 0. The minimum Gasteiger partial charge on any atom is -0.385 e. The van der Waals surface area contributed by atoms with Gasteiger partial charge in [0, 0.05) is 45.1 Å². The number of rotatable bonds is 11. The van der Waals surface area contributed by atoms with Crippen LogP contribution in [0.4, 0.5) is 5.69 Å². The summed E-state index contributed by atoms with van der Waals surface area (Å²) in [5.74, 6) is 0.888. The fourth-order valence-electron chi connectivity index (χ4n) is 1.93. The molecule has 0 spiro atoms. The molecule has 5 nitrogen and oxygen atoms in total. The van der Waals surface area contributed by atoms with Crippen LogP contribution in [0.3, 0.4) is 0 Å². The highest BCUT2D eigenvalue weighted by Crippen LogP contribution is 2.04. The Hall–Kier alpha value is -1.75. The van der Waals surface area contributed by atoms with Gasteiger partial charge in [-0.25, -0.2) is 0 Å². The standard InChI is InChI=1S/C17H30N4O/c1-3-18-17(21-14-9-15-22-4-2)20-13-8-12-19-16-10-6-5-7-11-16/h5-7,10-11,19H,3-4,8-9,12-15H2,1-2H3,(H2,18,20,21). The fraction of sp³-hybridized carbons (Fsp3) is 0.588. The van der Waals surface area contributed by atoms with Crippen LogP contribution in [0, 0.1) is 0 Å². The van der Waals surface area contributed by atoms with Crippen molar-refractivity contribution < 1.29 is 4.74 Å². The lowest BCUT2D eigenvalue weighted by atomic mass is 10.3. The SMILES string of the molecule is CCNC(=NCCCNc1ccccc1)NCCCOCC. The molecule has 0 atom stereocenters. The number of para-hydroxylation sites is 1. The van der Waals surface area contributed by atoms with Crippen molar-refractivity contribution in [1.29, 1.82) is 0 Å². The fourth-order valence-corrected chi connectivity index (χ4v) is 1.93. The van der Waals surface area contributed by atoms with E-state index in [0.717, 1.165) is 63.9 Å². The lowest BCUT2D eigenvalue weighted by Crippen LogP contribution is -2.38. The first-order valence-corrected chi connectivity index (χ1v) is 8.25. The van der Waals surface area contributed by atoms with E-state index in [1.165, 1.54) is 0 Å². The molecule has 3 N–H and O–H groups in total. The number of ether oxygens (including phenoxy) is 1. The molecule has 0 heterocycles. The first kappa shape index (κ1) is 18.3. The molecule has 0 aliphatic heterocycles. The monoisotopic (exact) mass is 306 g/mol. The van der Waals surface area contributed by atoms with Gasteiger partial charge in [0.2, 0.25) is 0 Å². The van der Waals surface area contributed by atoms with Gasteiger partial charge in [0.15, 0.2) is 5.96 Å². The molecule has 1 aromatic rings. The second kappa shape index (κ2) is 13.0. The molecule has 0 amide bonds. The van der Waals surface area contributed by atoms with E-state index >= 15 is 0 Å². The zero-order valence-corrected chi connectivity index (χ0v) is 13.9. The number of nitrogens with zero attached hydrogens (tertiary/aromatic N) is 1. The average Bonchev–Trinajstić information content (AvgIpc) is 2.55. The predicted molar refractivity (Wildman–Crippen MR) is 94.6 cm³/mol. The van der Waals surface area contributed by atoms with Gasteiger partial charge >= 0.3 is 0 Å². The minimum atomic E-state index is 0.780. The van der Waals surface area contributed by atoms with Gasteiger partial charge in [-0.15, -0.1) is 0 Å². The number of aliphatic imine (C=N–C) groups is 1. The lowest BCUT2D eigenvalue weighted by molar-refractivity contribution is 0.145. The molecule has 124 valence electrons. The van der Waals surface area contributed by atoms with Crippen LogP contribution in [-0.2, 0) is 4.74 Å². The van der Waals surface area contributed by atoms with E-state index in [4.69, 9.17) is 4.74 Å². The molecule has 0 saturated heterocycles. The second-order valence-corrected chi connectivity index (χ2v) is 4.88. The number of nitrogens with one attached hydrogen (secondary N) is 3. The van der Waals surface area contributed by atoms with E-state index in [2.05, 4.69) is 40.0 Å². The van der Waals surface area contributed by atoms with Crippen LogP contribution in [0.25, 0.3) is 0 Å². The summed E-state index contributed by atoms with van der Waals surface area (Å²) in [6.07, 6.45) is 2.00. The van der Waals surface area contributed by atoms with Crippen LogP contribution in [0.5, 0.6) is 0 Å². The molecular weight excluding hydrogens is 276 g/mol. The predicted octanol–water partition coefficient (Wildman–Crippen LogP) is 2.47. The maximum Gasteiger partial charge on any atom is 0.191 e. The Morgan fingerprint density at radius 2 is 1.86 bits per heavy atom. The highest BCUT2D eigenvalue weighted by molar-refractivity contribution is 5.79. The van der Waals surface area contributed by atoms with Crippen LogP contribution >= 0.6 is 0 Å². The first-order chi connectivity index (χ1) is 10.9. The Kier molecular flexibility index (Phi) is 10.8. The number of hydrogen-bond donors (Lipinski definition) is 3. The molecule has 0 saturated carbocycles. The Bertz CT molecular complexity index is 395. The number of hydrogen-bond acceptors (Lipinski definition) is 3. The van der Waals surface area contributed by atoms with E-state index in [1.54, 1.807) is 0 Å². The summed E-state index contributed by atoms with van der Waals surface area (Å²) in [5.41, 5.74) is 1.16. The summed E-state index contributed by atoms with van der Waals surface area (Å²) in [5, 5.41) is 9.98. The van der Waals surface area contributed by atoms with Crippen LogP contribution in [0.1, 0.15) is 26.7 Å². The normalized spacial score (nSPS) is 11.3.